The Morgan fingerprint density at radius 3 is 2.61 bits per heavy atom. The van der Waals surface area contributed by atoms with Crippen molar-refractivity contribution in [3.05, 3.63) is 56.7 Å². The molecule has 154 valence electrons. The van der Waals surface area contributed by atoms with E-state index in [1.165, 1.54) is 9.75 Å². The standard InChI is InChI=1S/C20H27ClN4OS.HI/c1-4-22-20(25-14(2)13-16-10-9-15(3)27-16)24-12-11-23-19(26)17-7-5-6-8-18(17)21;/h5-10,14H,4,11-13H2,1-3H3,(H,23,26)(H2,22,24,25);1H. The number of amides is 1. The molecule has 1 aromatic heterocycles. The van der Waals surface area contributed by atoms with Gasteiger partial charge < -0.3 is 16.0 Å². The number of hydrogen-bond donors (Lipinski definition) is 3. The topological polar surface area (TPSA) is 65.5 Å². The summed E-state index contributed by atoms with van der Waals surface area (Å²) in [6.45, 7) is 8.00. The monoisotopic (exact) mass is 534 g/mol. The molecule has 1 heterocycles. The van der Waals surface area contributed by atoms with Crippen molar-refractivity contribution < 1.29 is 4.79 Å². The number of rotatable bonds is 8. The number of halogens is 2. The van der Waals surface area contributed by atoms with Crippen molar-refractivity contribution in [2.24, 2.45) is 4.99 Å². The van der Waals surface area contributed by atoms with Gasteiger partial charge in [-0.15, -0.1) is 35.3 Å². The molecule has 5 nitrogen and oxygen atoms in total. The molecule has 2 aromatic rings. The van der Waals surface area contributed by atoms with Gasteiger partial charge in [-0.1, -0.05) is 23.7 Å². The smallest absolute Gasteiger partial charge is 0.252 e. The van der Waals surface area contributed by atoms with E-state index in [-0.39, 0.29) is 35.9 Å². The fourth-order valence-electron chi connectivity index (χ4n) is 2.58. The lowest BCUT2D eigenvalue weighted by Crippen LogP contribution is -2.43. The van der Waals surface area contributed by atoms with Crippen LogP contribution in [0, 0.1) is 6.92 Å². The van der Waals surface area contributed by atoms with Crippen LogP contribution in [0.25, 0.3) is 0 Å². The van der Waals surface area contributed by atoms with Crippen molar-refractivity contribution in [2.45, 2.75) is 33.2 Å². The second-order valence-corrected chi connectivity index (χ2v) is 8.04. The largest absolute Gasteiger partial charge is 0.357 e. The third kappa shape index (κ3) is 8.36. The molecule has 2 rings (SSSR count). The van der Waals surface area contributed by atoms with Gasteiger partial charge in [0.15, 0.2) is 5.96 Å². The minimum absolute atomic E-state index is 0. The van der Waals surface area contributed by atoms with Gasteiger partial charge in [0, 0.05) is 35.3 Å². The van der Waals surface area contributed by atoms with Crippen molar-refractivity contribution in [1.82, 2.24) is 16.0 Å². The molecule has 1 aromatic carbocycles. The minimum atomic E-state index is -0.185. The van der Waals surface area contributed by atoms with Crippen LogP contribution < -0.4 is 16.0 Å². The maximum absolute atomic E-state index is 12.1. The van der Waals surface area contributed by atoms with E-state index < -0.39 is 0 Å². The van der Waals surface area contributed by atoms with Gasteiger partial charge in [0.1, 0.15) is 0 Å². The SMILES string of the molecule is CCNC(=NCCNC(=O)c1ccccc1Cl)NC(C)Cc1ccc(C)s1.I. The van der Waals surface area contributed by atoms with Crippen molar-refractivity contribution in [2.75, 3.05) is 19.6 Å². The maximum Gasteiger partial charge on any atom is 0.252 e. The Morgan fingerprint density at radius 2 is 1.96 bits per heavy atom. The van der Waals surface area contributed by atoms with Crippen LogP contribution in [0.5, 0.6) is 0 Å². The normalized spacial score (nSPS) is 12.1. The highest BCUT2D eigenvalue weighted by molar-refractivity contribution is 14.0. The van der Waals surface area contributed by atoms with Crippen LogP contribution in [-0.2, 0) is 6.42 Å². The zero-order valence-electron chi connectivity index (χ0n) is 16.4. The first-order chi connectivity index (χ1) is 13.0. The first kappa shape index (κ1) is 24.7. The average Bonchev–Trinajstić information content (AvgIpc) is 3.03. The van der Waals surface area contributed by atoms with E-state index in [1.54, 1.807) is 24.3 Å². The summed E-state index contributed by atoms with van der Waals surface area (Å²) in [5.74, 6) is 0.570. The summed E-state index contributed by atoms with van der Waals surface area (Å²) in [5.41, 5.74) is 0.480. The number of benzene rings is 1. The van der Waals surface area contributed by atoms with Gasteiger partial charge in [-0.2, -0.15) is 0 Å². The number of thiophene rings is 1. The molecule has 0 saturated heterocycles. The minimum Gasteiger partial charge on any atom is -0.357 e. The number of carbonyl (C=O) groups is 1. The van der Waals surface area contributed by atoms with E-state index in [0.29, 0.717) is 23.7 Å². The summed E-state index contributed by atoms with van der Waals surface area (Å²) in [6.07, 6.45) is 0.951. The van der Waals surface area contributed by atoms with Crippen molar-refractivity contribution >= 4 is 58.8 Å². The second-order valence-electron chi connectivity index (χ2n) is 6.26. The van der Waals surface area contributed by atoms with E-state index in [1.807, 2.05) is 18.3 Å². The van der Waals surface area contributed by atoms with Gasteiger partial charge in [-0.25, -0.2) is 0 Å². The molecule has 0 aliphatic rings. The summed E-state index contributed by atoms with van der Waals surface area (Å²) in [6, 6.07) is 11.6. The molecule has 1 amide bonds. The molecule has 0 spiro atoms. The number of aryl methyl sites for hydroxylation is 1. The zero-order chi connectivity index (χ0) is 19.6. The lowest BCUT2D eigenvalue weighted by molar-refractivity contribution is 0.0955. The van der Waals surface area contributed by atoms with Crippen LogP contribution in [-0.4, -0.2) is 37.5 Å². The van der Waals surface area contributed by atoms with E-state index in [9.17, 15) is 4.79 Å². The summed E-state index contributed by atoms with van der Waals surface area (Å²) >= 11 is 7.86. The van der Waals surface area contributed by atoms with E-state index in [2.05, 4.69) is 46.9 Å². The van der Waals surface area contributed by atoms with Gasteiger partial charge in [0.25, 0.3) is 5.91 Å². The highest BCUT2D eigenvalue weighted by Gasteiger charge is 2.09. The fraction of sp³-hybridized carbons (Fsp3) is 0.400. The Labute approximate surface area is 193 Å². The molecule has 0 aliphatic carbocycles. The number of nitrogens with zero attached hydrogens (tertiary/aromatic N) is 1. The number of hydrogen-bond acceptors (Lipinski definition) is 3. The summed E-state index contributed by atoms with van der Waals surface area (Å²) in [7, 11) is 0. The van der Waals surface area contributed by atoms with Crippen molar-refractivity contribution in [3.63, 3.8) is 0 Å². The number of guanidine groups is 1. The zero-order valence-corrected chi connectivity index (χ0v) is 20.3. The van der Waals surface area contributed by atoms with E-state index in [4.69, 9.17) is 11.6 Å². The Morgan fingerprint density at radius 1 is 1.21 bits per heavy atom. The Balaban J connectivity index is 0.00000392. The van der Waals surface area contributed by atoms with Gasteiger partial charge in [-0.05, 0) is 45.0 Å². The first-order valence-electron chi connectivity index (χ1n) is 9.12. The van der Waals surface area contributed by atoms with Gasteiger partial charge in [-0.3, -0.25) is 9.79 Å². The van der Waals surface area contributed by atoms with Crippen LogP contribution in [0.15, 0.2) is 41.4 Å². The first-order valence-corrected chi connectivity index (χ1v) is 10.3. The fourth-order valence-corrected chi connectivity index (χ4v) is 3.82. The predicted molar refractivity (Wildman–Crippen MR) is 131 cm³/mol. The molecular formula is C20H28ClIN4OS. The van der Waals surface area contributed by atoms with Crippen molar-refractivity contribution in [3.8, 4) is 0 Å². The molecule has 0 radical (unpaired) electrons. The Hall–Kier alpha value is -1.32. The lowest BCUT2D eigenvalue weighted by atomic mass is 10.2. The highest BCUT2D eigenvalue weighted by Crippen LogP contribution is 2.16. The molecule has 0 bridgehead atoms. The summed E-state index contributed by atoms with van der Waals surface area (Å²) in [5, 5.41) is 9.96. The van der Waals surface area contributed by atoms with Crippen LogP contribution in [0.4, 0.5) is 0 Å². The quantitative estimate of drug-likeness (QED) is 0.205. The number of aliphatic imine (C=N–C) groups is 1. The molecule has 1 atom stereocenters. The predicted octanol–water partition coefficient (Wildman–Crippen LogP) is 4.24. The molecule has 1 unspecified atom stereocenters. The number of nitrogens with one attached hydrogen (secondary N) is 3. The van der Waals surface area contributed by atoms with Crippen LogP contribution in [0.2, 0.25) is 5.02 Å². The maximum atomic E-state index is 12.1. The average molecular weight is 535 g/mol. The van der Waals surface area contributed by atoms with Crippen LogP contribution in [0.3, 0.4) is 0 Å². The molecule has 0 saturated carbocycles. The van der Waals surface area contributed by atoms with Gasteiger partial charge >= 0.3 is 0 Å². The molecule has 8 heteroatoms. The molecule has 0 fully saturated rings. The van der Waals surface area contributed by atoms with Gasteiger partial charge in [0.2, 0.25) is 0 Å². The molecular weight excluding hydrogens is 507 g/mol. The Bertz CT molecular complexity index is 781. The van der Waals surface area contributed by atoms with Crippen molar-refractivity contribution in [1.29, 1.82) is 0 Å². The lowest BCUT2D eigenvalue weighted by Gasteiger charge is -2.17. The third-order valence-corrected chi connectivity index (χ3v) is 5.17. The van der Waals surface area contributed by atoms with E-state index in [0.717, 1.165) is 18.9 Å². The van der Waals surface area contributed by atoms with E-state index >= 15 is 0 Å². The molecule has 3 N–H and O–H groups in total. The van der Waals surface area contributed by atoms with Gasteiger partial charge in [0.05, 0.1) is 17.1 Å². The highest BCUT2D eigenvalue weighted by atomic mass is 127. The van der Waals surface area contributed by atoms with Crippen LogP contribution >= 0.6 is 46.9 Å². The third-order valence-electron chi connectivity index (χ3n) is 3.82. The Kier molecular flexibility index (Phi) is 11.5. The summed E-state index contributed by atoms with van der Waals surface area (Å²) in [4.78, 5) is 19.4. The molecule has 28 heavy (non-hydrogen) atoms. The van der Waals surface area contributed by atoms with Crippen LogP contribution in [0.1, 0.15) is 34.0 Å². The summed E-state index contributed by atoms with van der Waals surface area (Å²) < 4.78 is 0. The molecule has 0 aliphatic heterocycles. The number of carbonyl (C=O) groups excluding carboxylic acids is 1. The second kappa shape index (κ2) is 13.0.